The van der Waals surface area contributed by atoms with Gasteiger partial charge < -0.3 is 15.5 Å². The highest BCUT2D eigenvalue weighted by atomic mass is 35.5. The topological polar surface area (TPSA) is 44.4 Å². The first-order chi connectivity index (χ1) is 9.31. The maximum absolute atomic E-state index is 11.5. The molecule has 1 aliphatic heterocycles. The number of rotatable bonds is 5. The summed E-state index contributed by atoms with van der Waals surface area (Å²) in [4.78, 5) is 13.9. The van der Waals surface area contributed by atoms with Gasteiger partial charge in [-0.05, 0) is 25.0 Å². The Labute approximate surface area is 119 Å². The molecule has 5 heteroatoms. The van der Waals surface area contributed by atoms with Gasteiger partial charge in [0, 0.05) is 37.2 Å². The van der Waals surface area contributed by atoms with Gasteiger partial charge >= 0.3 is 6.03 Å². The van der Waals surface area contributed by atoms with E-state index in [1.54, 1.807) is 0 Å². The number of nitrogens with zero attached hydrogens (tertiary/aromatic N) is 1. The second-order valence-corrected chi connectivity index (χ2v) is 5.03. The molecule has 0 bridgehead atoms. The van der Waals surface area contributed by atoms with Crippen LogP contribution in [0.2, 0.25) is 0 Å². The predicted octanol–water partition coefficient (Wildman–Crippen LogP) is 2.19. The molecule has 0 saturated carbocycles. The fourth-order valence-corrected chi connectivity index (χ4v) is 2.54. The first kappa shape index (κ1) is 14.0. The smallest absolute Gasteiger partial charge is 0.314 e. The van der Waals surface area contributed by atoms with Gasteiger partial charge in [-0.15, -0.1) is 11.6 Å². The van der Waals surface area contributed by atoms with E-state index in [2.05, 4.69) is 27.7 Å². The number of nitrogens with one attached hydrogen (secondary N) is 2. The molecule has 104 valence electrons. The van der Waals surface area contributed by atoms with Crippen LogP contribution in [0.5, 0.6) is 0 Å². The normalized spacial score (nSPS) is 18.4. The van der Waals surface area contributed by atoms with Crippen LogP contribution in [0.3, 0.4) is 0 Å². The molecule has 0 aromatic heterocycles. The zero-order valence-corrected chi connectivity index (χ0v) is 11.7. The quantitative estimate of drug-likeness (QED) is 0.813. The van der Waals surface area contributed by atoms with Crippen LogP contribution in [0.1, 0.15) is 12.8 Å². The van der Waals surface area contributed by atoms with E-state index in [9.17, 15) is 4.79 Å². The lowest BCUT2D eigenvalue weighted by Crippen LogP contribution is -2.44. The minimum atomic E-state index is -0.138. The number of hydrogen-bond donors (Lipinski definition) is 2. The van der Waals surface area contributed by atoms with Crippen molar-refractivity contribution in [3.8, 4) is 0 Å². The number of urea groups is 1. The van der Waals surface area contributed by atoms with E-state index in [4.69, 9.17) is 11.6 Å². The van der Waals surface area contributed by atoms with Gasteiger partial charge in [0.1, 0.15) is 0 Å². The number of hydrogen-bond acceptors (Lipinski definition) is 2. The molecule has 1 fully saturated rings. The molecule has 1 unspecified atom stereocenters. The third-order valence-corrected chi connectivity index (χ3v) is 3.53. The Hall–Kier alpha value is -1.42. The molecule has 2 rings (SSSR count). The van der Waals surface area contributed by atoms with Gasteiger partial charge in [0.2, 0.25) is 0 Å². The number of alkyl halides is 1. The summed E-state index contributed by atoms with van der Waals surface area (Å²) >= 11 is 5.53. The fourth-order valence-electron chi connectivity index (χ4n) is 2.44. The summed E-state index contributed by atoms with van der Waals surface area (Å²) in [7, 11) is 0. The third kappa shape index (κ3) is 4.03. The lowest BCUT2D eigenvalue weighted by Gasteiger charge is -2.27. The first-order valence-electron chi connectivity index (χ1n) is 6.70. The molecule has 1 atom stereocenters. The highest BCUT2D eigenvalue weighted by Crippen LogP contribution is 2.24. The first-order valence-corrected chi connectivity index (χ1v) is 7.24. The number of benzene rings is 1. The van der Waals surface area contributed by atoms with Gasteiger partial charge in [-0.2, -0.15) is 0 Å². The fraction of sp³-hybridized carbons (Fsp3) is 0.500. The van der Waals surface area contributed by atoms with E-state index in [1.807, 2.05) is 18.2 Å². The van der Waals surface area contributed by atoms with Crippen LogP contribution in [-0.4, -0.2) is 37.6 Å². The van der Waals surface area contributed by atoms with Gasteiger partial charge in [-0.3, -0.25) is 0 Å². The molecule has 2 N–H and O–H groups in total. The van der Waals surface area contributed by atoms with E-state index in [0.717, 1.165) is 13.0 Å². The summed E-state index contributed by atoms with van der Waals surface area (Å²) in [6.45, 7) is 2.23. The molecular weight excluding hydrogens is 262 g/mol. The minimum Gasteiger partial charge on any atom is -0.367 e. The van der Waals surface area contributed by atoms with Crippen molar-refractivity contribution in [2.75, 3.05) is 30.4 Å². The van der Waals surface area contributed by atoms with Crippen molar-refractivity contribution in [3.05, 3.63) is 30.3 Å². The summed E-state index contributed by atoms with van der Waals surface area (Å²) in [5, 5.41) is 5.62. The van der Waals surface area contributed by atoms with Crippen molar-refractivity contribution in [1.29, 1.82) is 0 Å². The Morgan fingerprint density at radius 2 is 2.11 bits per heavy atom. The molecule has 1 aliphatic rings. The molecule has 4 nitrogen and oxygen atoms in total. The van der Waals surface area contributed by atoms with Gasteiger partial charge in [0.25, 0.3) is 0 Å². The number of para-hydroxylation sites is 1. The SMILES string of the molecule is O=C(NCCCl)NCC1CCCN1c1ccccc1. The van der Waals surface area contributed by atoms with Crippen LogP contribution in [0.15, 0.2) is 30.3 Å². The second kappa shape index (κ2) is 7.24. The molecule has 0 radical (unpaired) electrons. The summed E-state index contributed by atoms with van der Waals surface area (Å²) in [5.74, 6) is 0.437. The Morgan fingerprint density at radius 1 is 1.32 bits per heavy atom. The van der Waals surface area contributed by atoms with E-state index in [0.29, 0.717) is 25.0 Å². The van der Waals surface area contributed by atoms with E-state index in [1.165, 1.54) is 12.1 Å². The number of anilines is 1. The van der Waals surface area contributed by atoms with Crippen molar-refractivity contribution in [2.45, 2.75) is 18.9 Å². The van der Waals surface area contributed by atoms with Crippen molar-refractivity contribution in [2.24, 2.45) is 0 Å². The van der Waals surface area contributed by atoms with Crippen molar-refractivity contribution in [1.82, 2.24) is 10.6 Å². The Kier molecular flexibility index (Phi) is 5.33. The maximum atomic E-state index is 11.5. The van der Waals surface area contributed by atoms with Crippen LogP contribution in [-0.2, 0) is 0 Å². The van der Waals surface area contributed by atoms with Crippen molar-refractivity contribution >= 4 is 23.3 Å². The number of carbonyl (C=O) groups is 1. The average Bonchev–Trinajstić information content (AvgIpc) is 2.92. The number of carbonyl (C=O) groups excluding carboxylic acids is 1. The summed E-state index contributed by atoms with van der Waals surface area (Å²) < 4.78 is 0. The summed E-state index contributed by atoms with van der Waals surface area (Å²) in [5.41, 5.74) is 1.23. The molecule has 1 aromatic carbocycles. The molecule has 19 heavy (non-hydrogen) atoms. The molecule has 2 amide bonds. The molecule has 1 aromatic rings. The lowest BCUT2D eigenvalue weighted by atomic mass is 10.2. The van der Waals surface area contributed by atoms with E-state index >= 15 is 0 Å². The lowest BCUT2D eigenvalue weighted by molar-refractivity contribution is 0.241. The Balaban J connectivity index is 1.84. The average molecular weight is 282 g/mol. The van der Waals surface area contributed by atoms with Gasteiger partial charge in [0.05, 0.1) is 0 Å². The predicted molar refractivity (Wildman–Crippen MR) is 78.9 cm³/mol. The van der Waals surface area contributed by atoms with Gasteiger partial charge in [-0.1, -0.05) is 18.2 Å². The van der Waals surface area contributed by atoms with Gasteiger partial charge in [0.15, 0.2) is 0 Å². The monoisotopic (exact) mass is 281 g/mol. The Bertz CT molecular complexity index is 399. The molecule has 1 heterocycles. The third-order valence-electron chi connectivity index (χ3n) is 3.34. The zero-order chi connectivity index (χ0) is 13.5. The van der Waals surface area contributed by atoms with Crippen LogP contribution in [0.4, 0.5) is 10.5 Å². The summed E-state index contributed by atoms with van der Waals surface area (Å²) in [6, 6.07) is 10.6. The van der Waals surface area contributed by atoms with E-state index < -0.39 is 0 Å². The van der Waals surface area contributed by atoms with Crippen molar-refractivity contribution < 1.29 is 4.79 Å². The second-order valence-electron chi connectivity index (χ2n) is 4.65. The minimum absolute atomic E-state index is 0.138. The molecule has 0 spiro atoms. The molecular formula is C14H20ClN3O. The van der Waals surface area contributed by atoms with Gasteiger partial charge in [-0.25, -0.2) is 4.79 Å². The maximum Gasteiger partial charge on any atom is 0.314 e. The van der Waals surface area contributed by atoms with Crippen molar-refractivity contribution in [3.63, 3.8) is 0 Å². The molecule has 0 aliphatic carbocycles. The van der Waals surface area contributed by atoms with Crippen LogP contribution in [0, 0.1) is 0 Å². The Morgan fingerprint density at radius 3 is 2.84 bits per heavy atom. The largest absolute Gasteiger partial charge is 0.367 e. The summed E-state index contributed by atoms with van der Waals surface area (Å²) in [6.07, 6.45) is 2.29. The highest BCUT2D eigenvalue weighted by molar-refractivity contribution is 6.18. The highest BCUT2D eigenvalue weighted by Gasteiger charge is 2.24. The molecule has 1 saturated heterocycles. The van der Waals surface area contributed by atoms with E-state index in [-0.39, 0.29) is 6.03 Å². The number of halogens is 1. The van der Waals surface area contributed by atoms with Crippen LogP contribution in [0.25, 0.3) is 0 Å². The van der Waals surface area contributed by atoms with Crippen LogP contribution >= 0.6 is 11.6 Å². The van der Waals surface area contributed by atoms with Crippen LogP contribution < -0.4 is 15.5 Å². The standard InChI is InChI=1S/C14H20ClN3O/c15-8-9-16-14(19)17-11-13-7-4-10-18(13)12-5-2-1-3-6-12/h1-3,5-6,13H,4,7-11H2,(H2,16,17,19). The number of amides is 2. The zero-order valence-electron chi connectivity index (χ0n) is 10.9.